The lowest BCUT2D eigenvalue weighted by molar-refractivity contribution is -0.132. The maximum Gasteiger partial charge on any atom is 0.301 e. The van der Waals surface area contributed by atoms with E-state index >= 15 is 0 Å². The summed E-state index contributed by atoms with van der Waals surface area (Å²) in [5.74, 6) is 0.434. The predicted molar refractivity (Wildman–Crippen MR) is 151 cm³/mol. The number of carbonyl (C=O) groups is 2. The van der Waals surface area contributed by atoms with Gasteiger partial charge in [-0.15, -0.1) is 0 Å². The Balaban J connectivity index is 1.55. The van der Waals surface area contributed by atoms with Crippen molar-refractivity contribution in [2.75, 3.05) is 26.2 Å². The fourth-order valence-electron chi connectivity index (χ4n) is 5.22. The molecule has 1 amide bonds. The van der Waals surface area contributed by atoms with E-state index in [-0.39, 0.29) is 17.4 Å². The molecule has 0 radical (unpaired) electrons. The largest absolute Gasteiger partial charge is 0.507 e. The Labute approximate surface area is 234 Å². The third-order valence-corrected chi connectivity index (χ3v) is 8.15. The monoisotopic (exact) mass is 558 g/mol. The first-order valence-corrected chi connectivity index (χ1v) is 13.4. The third kappa shape index (κ3) is 4.12. The molecule has 2 aliphatic heterocycles. The van der Waals surface area contributed by atoms with E-state index in [2.05, 4.69) is 4.98 Å². The van der Waals surface area contributed by atoms with Crippen LogP contribution in [0.2, 0.25) is 0 Å². The van der Waals surface area contributed by atoms with E-state index in [0.717, 1.165) is 16.0 Å². The summed E-state index contributed by atoms with van der Waals surface area (Å²) in [6.45, 7) is 1.97. The van der Waals surface area contributed by atoms with Gasteiger partial charge in [-0.3, -0.25) is 14.5 Å². The molecular formula is C30H26N2O7S. The third-order valence-electron chi connectivity index (χ3n) is 7.13. The highest BCUT2D eigenvalue weighted by molar-refractivity contribution is 7.22. The summed E-state index contributed by atoms with van der Waals surface area (Å²) < 4.78 is 22.8. The summed E-state index contributed by atoms with van der Waals surface area (Å²) in [5, 5.41) is 11.9. The number of amides is 1. The van der Waals surface area contributed by atoms with Crippen molar-refractivity contribution in [3.05, 3.63) is 76.9 Å². The normalized spacial score (nSPS) is 19.6. The van der Waals surface area contributed by atoms with E-state index in [1.807, 2.05) is 13.0 Å². The number of benzene rings is 3. The van der Waals surface area contributed by atoms with Gasteiger partial charge in [0, 0.05) is 12.0 Å². The number of aliphatic hydroxyl groups excluding tert-OH is 1. The van der Waals surface area contributed by atoms with Crippen molar-refractivity contribution in [2.45, 2.75) is 25.5 Å². The molecule has 10 heteroatoms. The molecule has 204 valence electrons. The Morgan fingerprint density at radius 1 is 1.00 bits per heavy atom. The van der Waals surface area contributed by atoms with E-state index in [1.165, 1.54) is 30.5 Å². The van der Waals surface area contributed by atoms with E-state index in [4.69, 9.17) is 18.9 Å². The summed E-state index contributed by atoms with van der Waals surface area (Å²) in [7, 11) is 4.61. The van der Waals surface area contributed by atoms with Crippen LogP contribution in [0.25, 0.3) is 16.0 Å². The number of ether oxygens (including phenoxy) is 4. The number of aromatic nitrogens is 1. The van der Waals surface area contributed by atoms with Crippen LogP contribution in [0, 0.1) is 0 Å². The fraction of sp³-hybridized carbons (Fsp3) is 0.233. The number of carbonyl (C=O) groups excluding carboxylic acids is 2. The summed E-state index contributed by atoms with van der Waals surface area (Å²) in [4.78, 5) is 33.3. The van der Waals surface area contributed by atoms with Crippen molar-refractivity contribution in [3.8, 4) is 23.0 Å². The van der Waals surface area contributed by atoms with E-state index in [9.17, 15) is 14.7 Å². The molecule has 1 aromatic heterocycles. The number of aliphatic hydroxyl groups is 1. The lowest BCUT2D eigenvalue weighted by Crippen LogP contribution is -2.29. The first-order chi connectivity index (χ1) is 19.3. The van der Waals surface area contributed by atoms with Gasteiger partial charge in [-0.1, -0.05) is 17.4 Å². The van der Waals surface area contributed by atoms with Gasteiger partial charge in [-0.05, 0) is 66.6 Å². The number of hydrogen-bond acceptors (Lipinski definition) is 9. The minimum absolute atomic E-state index is 0.0161. The SMILES string of the molecule is COc1ccc2nc(N3C(=O)C(=O)C(=C(O)c4ccc5c(c4)C[C@H](C)O5)[C@@H]3c3ccc(OC)c(OC)c3)sc2c1. The van der Waals surface area contributed by atoms with Crippen LogP contribution >= 0.6 is 11.3 Å². The van der Waals surface area contributed by atoms with Crippen molar-refractivity contribution < 1.29 is 33.6 Å². The molecule has 1 saturated heterocycles. The van der Waals surface area contributed by atoms with Gasteiger partial charge in [-0.25, -0.2) is 4.98 Å². The molecule has 1 N–H and O–H groups in total. The molecule has 40 heavy (non-hydrogen) atoms. The average Bonchev–Trinajstić information content (AvgIpc) is 3.63. The minimum atomic E-state index is -0.967. The number of anilines is 1. The highest BCUT2D eigenvalue weighted by Gasteiger charge is 2.48. The first kappa shape index (κ1) is 25.7. The molecule has 2 aliphatic rings. The van der Waals surface area contributed by atoms with Crippen LogP contribution in [0.5, 0.6) is 23.0 Å². The molecule has 6 rings (SSSR count). The second-order valence-electron chi connectivity index (χ2n) is 9.57. The number of methoxy groups -OCH3 is 3. The number of rotatable bonds is 6. The number of thiazole rings is 1. The Morgan fingerprint density at radius 2 is 1.80 bits per heavy atom. The summed E-state index contributed by atoms with van der Waals surface area (Å²) in [5.41, 5.74) is 2.51. The molecular weight excluding hydrogens is 532 g/mol. The van der Waals surface area contributed by atoms with Crippen molar-refractivity contribution in [1.82, 2.24) is 4.98 Å². The summed E-state index contributed by atoms with van der Waals surface area (Å²) in [6.07, 6.45) is 0.696. The highest BCUT2D eigenvalue weighted by Crippen LogP contribution is 2.46. The zero-order valence-electron chi connectivity index (χ0n) is 22.3. The van der Waals surface area contributed by atoms with E-state index < -0.39 is 17.7 Å². The summed E-state index contributed by atoms with van der Waals surface area (Å²) >= 11 is 1.26. The topological polar surface area (TPSA) is 107 Å². The highest BCUT2D eigenvalue weighted by atomic mass is 32.1. The molecule has 2 atom stereocenters. The predicted octanol–water partition coefficient (Wildman–Crippen LogP) is 5.27. The average molecular weight is 559 g/mol. The number of ketones is 1. The Bertz CT molecular complexity index is 1710. The van der Waals surface area contributed by atoms with Gasteiger partial charge < -0.3 is 24.1 Å². The maximum atomic E-state index is 13.6. The van der Waals surface area contributed by atoms with Crippen LogP contribution in [0.4, 0.5) is 5.13 Å². The van der Waals surface area contributed by atoms with Gasteiger partial charge in [0.1, 0.15) is 23.4 Å². The molecule has 0 aliphatic carbocycles. The number of fused-ring (bicyclic) bond motifs is 2. The second kappa shape index (κ2) is 9.87. The van der Waals surface area contributed by atoms with E-state index in [1.54, 1.807) is 55.6 Å². The number of hydrogen-bond donors (Lipinski definition) is 1. The molecule has 4 aromatic rings. The smallest absolute Gasteiger partial charge is 0.301 e. The number of Topliss-reactive ketones (excluding diaryl/α,β-unsaturated/α-hetero) is 1. The van der Waals surface area contributed by atoms with Crippen molar-refractivity contribution in [1.29, 1.82) is 0 Å². The van der Waals surface area contributed by atoms with Crippen molar-refractivity contribution in [3.63, 3.8) is 0 Å². The van der Waals surface area contributed by atoms with Crippen LogP contribution in [0.3, 0.4) is 0 Å². The van der Waals surface area contributed by atoms with Crippen molar-refractivity contribution in [2.24, 2.45) is 0 Å². The van der Waals surface area contributed by atoms with Gasteiger partial charge in [0.2, 0.25) is 0 Å². The second-order valence-corrected chi connectivity index (χ2v) is 10.6. The lowest BCUT2D eigenvalue weighted by atomic mass is 9.94. The van der Waals surface area contributed by atoms with E-state index in [0.29, 0.717) is 45.4 Å². The zero-order valence-corrected chi connectivity index (χ0v) is 23.1. The van der Waals surface area contributed by atoms with Crippen LogP contribution < -0.4 is 23.8 Å². The fourth-order valence-corrected chi connectivity index (χ4v) is 6.24. The van der Waals surface area contributed by atoms with Crippen LogP contribution in [-0.2, 0) is 16.0 Å². The molecule has 0 bridgehead atoms. The molecule has 0 unspecified atom stereocenters. The van der Waals surface area contributed by atoms with Gasteiger partial charge >= 0.3 is 5.91 Å². The van der Waals surface area contributed by atoms with Gasteiger partial charge in [0.05, 0.1) is 43.2 Å². The molecule has 0 spiro atoms. The van der Waals surface area contributed by atoms with Crippen molar-refractivity contribution >= 4 is 44.1 Å². The van der Waals surface area contributed by atoms with Gasteiger partial charge in [0.15, 0.2) is 16.6 Å². The van der Waals surface area contributed by atoms with Crippen LogP contribution in [0.15, 0.2) is 60.2 Å². The van der Waals surface area contributed by atoms with Gasteiger partial charge in [-0.2, -0.15) is 0 Å². The standard InChI is InChI=1S/C30H26N2O7S/c1-15-11-18-12-17(6-9-21(18)39-15)27(33)25-26(16-5-10-22(37-3)23(13-16)38-4)32(29(35)28(25)34)30-31-20-8-7-19(36-2)14-24(20)40-30/h5-10,12-15,26,33H,11H2,1-4H3/t15-,26-/m0/s1. The summed E-state index contributed by atoms with van der Waals surface area (Å²) in [6, 6.07) is 14.8. The van der Waals surface area contributed by atoms with Crippen LogP contribution in [0.1, 0.15) is 29.7 Å². The van der Waals surface area contributed by atoms with Crippen LogP contribution in [-0.4, -0.2) is 49.2 Å². The first-order valence-electron chi connectivity index (χ1n) is 12.6. The minimum Gasteiger partial charge on any atom is -0.507 e. The lowest BCUT2D eigenvalue weighted by Gasteiger charge is -2.23. The maximum absolute atomic E-state index is 13.6. The Kier molecular flexibility index (Phi) is 6.34. The molecule has 3 aromatic carbocycles. The molecule has 0 saturated carbocycles. The Morgan fingerprint density at radius 3 is 2.55 bits per heavy atom. The quantitative estimate of drug-likeness (QED) is 0.194. The van der Waals surface area contributed by atoms with Gasteiger partial charge in [0.25, 0.3) is 5.78 Å². The number of nitrogens with zero attached hydrogens (tertiary/aromatic N) is 2. The molecule has 3 heterocycles. The zero-order chi connectivity index (χ0) is 28.1. The molecule has 1 fully saturated rings. The molecule has 9 nitrogen and oxygen atoms in total. The Hall–Kier alpha value is -4.57.